The average molecular weight is 282 g/mol. The molecule has 76 valence electrons. The van der Waals surface area contributed by atoms with Crippen molar-refractivity contribution in [1.82, 2.24) is 9.97 Å². The zero-order valence-corrected chi connectivity index (χ0v) is 10.1. The van der Waals surface area contributed by atoms with E-state index in [-0.39, 0.29) is 0 Å². The molecular formula is C10H8BrN3S. The fourth-order valence-corrected chi connectivity index (χ4v) is 2.09. The number of aromatic nitrogens is 2. The Morgan fingerprint density at radius 2 is 1.87 bits per heavy atom. The molecule has 0 atom stereocenters. The number of halogens is 1. The Kier molecular flexibility index (Phi) is 3.23. The van der Waals surface area contributed by atoms with E-state index in [0.717, 1.165) is 14.4 Å². The maximum atomic E-state index is 5.56. The van der Waals surface area contributed by atoms with Gasteiger partial charge in [-0.05, 0) is 24.3 Å². The van der Waals surface area contributed by atoms with Crippen LogP contribution in [0.4, 0.5) is 5.82 Å². The number of nitrogen functional groups attached to an aromatic ring is 1. The number of nitrogens with two attached hydrogens (primary N) is 1. The van der Waals surface area contributed by atoms with Gasteiger partial charge >= 0.3 is 0 Å². The van der Waals surface area contributed by atoms with Crippen molar-refractivity contribution in [3.63, 3.8) is 0 Å². The van der Waals surface area contributed by atoms with Crippen molar-refractivity contribution in [3.05, 3.63) is 41.1 Å². The highest BCUT2D eigenvalue weighted by atomic mass is 79.9. The quantitative estimate of drug-likeness (QED) is 0.860. The second-order valence-electron chi connectivity index (χ2n) is 2.84. The number of hydrogen-bond donors (Lipinski definition) is 1. The first kappa shape index (κ1) is 10.4. The number of rotatable bonds is 2. The van der Waals surface area contributed by atoms with Crippen molar-refractivity contribution < 1.29 is 0 Å². The van der Waals surface area contributed by atoms with Gasteiger partial charge in [0.05, 0.1) is 0 Å². The lowest BCUT2D eigenvalue weighted by Crippen LogP contribution is -1.91. The molecule has 0 bridgehead atoms. The SMILES string of the molecule is Nc1cc(Sc2ccc(Br)cc2)ncn1. The first-order chi connectivity index (χ1) is 7.24. The lowest BCUT2D eigenvalue weighted by molar-refractivity contribution is 1.05. The molecule has 2 N–H and O–H groups in total. The molecule has 5 heteroatoms. The van der Waals surface area contributed by atoms with E-state index in [9.17, 15) is 0 Å². The molecule has 0 aliphatic rings. The van der Waals surface area contributed by atoms with Crippen molar-refractivity contribution in [1.29, 1.82) is 0 Å². The summed E-state index contributed by atoms with van der Waals surface area (Å²) in [5.74, 6) is 0.490. The van der Waals surface area contributed by atoms with Crippen LogP contribution in [-0.2, 0) is 0 Å². The van der Waals surface area contributed by atoms with Gasteiger partial charge < -0.3 is 5.73 Å². The van der Waals surface area contributed by atoms with E-state index < -0.39 is 0 Å². The van der Waals surface area contributed by atoms with E-state index >= 15 is 0 Å². The third-order valence-electron chi connectivity index (χ3n) is 1.70. The van der Waals surface area contributed by atoms with Crippen LogP contribution in [0, 0.1) is 0 Å². The predicted octanol–water partition coefficient (Wildman–Crippen LogP) is 2.97. The minimum Gasteiger partial charge on any atom is -0.384 e. The third kappa shape index (κ3) is 2.94. The normalized spacial score (nSPS) is 10.2. The van der Waals surface area contributed by atoms with Gasteiger partial charge in [0.1, 0.15) is 17.2 Å². The van der Waals surface area contributed by atoms with Crippen LogP contribution in [0.15, 0.2) is 51.1 Å². The predicted molar refractivity (Wildman–Crippen MR) is 64.7 cm³/mol. The Balaban J connectivity index is 2.18. The van der Waals surface area contributed by atoms with Gasteiger partial charge in [0.15, 0.2) is 0 Å². The summed E-state index contributed by atoms with van der Waals surface area (Å²) >= 11 is 4.95. The van der Waals surface area contributed by atoms with Crippen LogP contribution in [-0.4, -0.2) is 9.97 Å². The first-order valence-corrected chi connectivity index (χ1v) is 5.86. The van der Waals surface area contributed by atoms with Gasteiger partial charge in [-0.3, -0.25) is 0 Å². The lowest BCUT2D eigenvalue weighted by atomic mass is 10.4. The first-order valence-electron chi connectivity index (χ1n) is 4.25. The van der Waals surface area contributed by atoms with Gasteiger partial charge in [-0.2, -0.15) is 0 Å². The van der Waals surface area contributed by atoms with Crippen LogP contribution < -0.4 is 5.73 Å². The molecule has 0 saturated heterocycles. The Morgan fingerprint density at radius 3 is 2.53 bits per heavy atom. The van der Waals surface area contributed by atoms with Gasteiger partial charge in [-0.25, -0.2) is 9.97 Å². The Bertz CT molecular complexity index is 458. The molecule has 0 aliphatic heterocycles. The van der Waals surface area contributed by atoms with Crippen LogP contribution in [0.3, 0.4) is 0 Å². The number of hydrogen-bond acceptors (Lipinski definition) is 4. The number of benzene rings is 1. The van der Waals surface area contributed by atoms with Crippen molar-refractivity contribution in [2.75, 3.05) is 5.73 Å². The second-order valence-corrected chi connectivity index (χ2v) is 4.85. The standard InChI is InChI=1S/C10H8BrN3S/c11-7-1-3-8(4-2-7)15-10-5-9(12)13-6-14-10/h1-6H,(H2,12,13,14). The van der Waals surface area contributed by atoms with E-state index in [1.165, 1.54) is 6.33 Å². The lowest BCUT2D eigenvalue weighted by Gasteiger charge is -2.00. The Hall–Kier alpha value is -1.07. The van der Waals surface area contributed by atoms with E-state index in [1.807, 2.05) is 24.3 Å². The van der Waals surface area contributed by atoms with Gasteiger partial charge in [-0.1, -0.05) is 27.7 Å². The number of anilines is 1. The summed E-state index contributed by atoms with van der Waals surface area (Å²) in [5.41, 5.74) is 5.56. The molecule has 2 aromatic rings. The van der Waals surface area contributed by atoms with E-state index in [2.05, 4.69) is 25.9 Å². The maximum absolute atomic E-state index is 5.56. The molecular weight excluding hydrogens is 274 g/mol. The van der Waals surface area contributed by atoms with E-state index in [0.29, 0.717) is 5.82 Å². The Morgan fingerprint density at radius 1 is 1.13 bits per heavy atom. The van der Waals surface area contributed by atoms with Crippen LogP contribution in [0.5, 0.6) is 0 Å². The molecule has 0 unspecified atom stereocenters. The summed E-state index contributed by atoms with van der Waals surface area (Å²) in [6, 6.07) is 9.78. The summed E-state index contributed by atoms with van der Waals surface area (Å²) in [7, 11) is 0. The summed E-state index contributed by atoms with van der Waals surface area (Å²) in [6.07, 6.45) is 1.47. The highest BCUT2D eigenvalue weighted by Gasteiger charge is 1.99. The minimum absolute atomic E-state index is 0.490. The highest BCUT2D eigenvalue weighted by Crippen LogP contribution is 2.27. The van der Waals surface area contributed by atoms with E-state index in [1.54, 1.807) is 17.8 Å². The topological polar surface area (TPSA) is 51.8 Å². The Labute approximate surface area is 100 Å². The van der Waals surface area contributed by atoms with Gasteiger partial charge in [-0.15, -0.1) is 0 Å². The van der Waals surface area contributed by atoms with Crippen molar-refractivity contribution in [2.24, 2.45) is 0 Å². The zero-order valence-electron chi connectivity index (χ0n) is 7.72. The van der Waals surface area contributed by atoms with Crippen LogP contribution >= 0.6 is 27.7 Å². The molecule has 0 amide bonds. The molecule has 0 aliphatic carbocycles. The van der Waals surface area contributed by atoms with Gasteiger partial charge in [0, 0.05) is 15.4 Å². The van der Waals surface area contributed by atoms with Crippen molar-refractivity contribution >= 4 is 33.5 Å². The fourth-order valence-electron chi connectivity index (χ4n) is 1.03. The summed E-state index contributed by atoms with van der Waals surface area (Å²) < 4.78 is 1.06. The fraction of sp³-hybridized carbons (Fsp3) is 0. The second kappa shape index (κ2) is 4.63. The summed E-state index contributed by atoms with van der Waals surface area (Å²) in [5, 5.41) is 0.852. The smallest absolute Gasteiger partial charge is 0.127 e. The third-order valence-corrected chi connectivity index (χ3v) is 3.17. The zero-order chi connectivity index (χ0) is 10.7. The summed E-state index contributed by atoms with van der Waals surface area (Å²) in [6.45, 7) is 0. The molecule has 15 heavy (non-hydrogen) atoms. The minimum atomic E-state index is 0.490. The largest absolute Gasteiger partial charge is 0.384 e. The molecule has 1 aromatic heterocycles. The molecule has 2 rings (SSSR count). The molecule has 0 radical (unpaired) electrons. The molecule has 0 spiro atoms. The van der Waals surface area contributed by atoms with Crippen LogP contribution in [0.2, 0.25) is 0 Å². The monoisotopic (exact) mass is 281 g/mol. The van der Waals surface area contributed by atoms with Gasteiger partial charge in [0.2, 0.25) is 0 Å². The van der Waals surface area contributed by atoms with E-state index in [4.69, 9.17) is 5.73 Å². The van der Waals surface area contributed by atoms with Gasteiger partial charge in [0.25, 0.3) is 0 Å². The average Bonchev–Trinajstić information content (AvgIpc) is 2.22. The summed E-state index contributed by atoms with van der Waals surface area (Å²) in [4.78, 5) is 9.08. The number of nitrogens with zero attached hydrogens (tertiary/aromatic N) is 2. The maximum Gasteiger partial charge on any atom is 0.127 e. The van der Waals surface area contributed by atoms with Crippen LogP contribution in [0.1, 0.15) is 0 Å². The van der Waals surface area contributed by atoms with Crippen molar-refractivity contribution in [2.45, 2.75) is 9.92 Å². The molecule has 3 nitrogen and oxygen atoms in total. The molecule has 1 heterocycles. The molecule has 0 fully saturated rings. The van der Waals surface area contributed by atoms with Crippen LogP contribution in [0.25, 0.3) is 0 Å². The molecule has 0 saturated carbocycles. The van der Waals surface area contributed by atoms with Crippen molar-refractivity contribution in [3.8, 4) is 0 Å². The highest BCUT2D eigenvalue weighted by molar-refractivity contribution is 9.10. The molecule has 1 aromatic carbocycles.